The fraction of sp³-hybridized carbons (Fsp3) is 0.385. The van der Waals surface area contributed by atoms with Crippen LogP contribution in [0.5, 0.6) is 0 Å². The molecule has 1 aliphatic carbocycles. The van der Waals surface area contributed by atoms with Gasteiger partial charge in [-0.25, -0.2) is 9.97 Å². The molecule has 0 amide bonds. The second-order valence-corrected chi connectivity index (χ2v) is 8.51. The number of benzene rings is 1. The molecular weight excluding hydrogens is 412 g/mol. The number of aromatic nitrogens is 3. The van der Waals surface area contributed by atoms with Crippen LogP contribution in [0.4, 0.5) is 11.6 Å². The maximum absolute atomic E-state index is 13.7. The minimum atomic E-state index is 0.0679. The lowest BCUT2D eigenvalue weighted by molar-refractivity contribution is 0.341. The highest BCUT2D eigenvalue weighted by Gasteiger charge is 2.22. The van der Waals surface area contributed by atoms with Gasteiger partial charge < -0.3 is 15.6 Å². The topological polar surface area (TPSA) is 110 Å². The smallest absolute Gasteiger partial charge is 0.259 e. The predicted octanol–water partition coefficient (Wildman–Crippen LogP) is 4.58. The van der Waals surface area contributed by atoms with Crippen molar-refractivity contribution < 1.29 is 0 Å². The fourth-order valence-electron chi connectivity index (χ4n) is 4.67. The predicted molar refractivity (Wildman–Crippen MR) is 134 cm³/mol. The second kappa shape index (κ2) is 9.86. The molecule has 1 saturated carbocycles. The summed E-state index contributed by atoms with van der Waals surface area (Å²) >= 11 is 0. The normalized spacial score (nSPS) is 14.0. The molecule has 170 valence electrons. The number of fused-ring (bicyclic) bond motifs is 1. The average molecular weight is 443 g/mol. The summed E-state index contributed by atoms with van der Waals surface area (Å²) in [4.78, 5) is 22.0. The Morgan fingerprint density at radius 2 is 2.06 bits per heavy atom. The maximum atomic E-state index is 13.7. The Morgan fingerprint density at radius 3 is 2.82 bits per heavy atom. The van der Waals surface area contributed by atoms with Crippen LogP contribution in [0, 0.1) is 24.2 Å². The maximum Gasteiger partial charge on any atom is 0.259 e. The van der Waals surface area contributed by atoms with Crippen molar-refractivity contribution in [1.82, 2.24) is 14.5 Å². The molecule has 1 aromatic carbocycles. The molecule has 0 radical (unpaired) electrons. The number of nitrogens with zero attached hydrogens (tertiary/aromatic N) is 3. The summed E-state index contributed by atoms with van der Waals surface area (Å²) in [5.74, 6) is 6.37. The van der Waals surface area contributed by atoms with Gasteiger partial charge in [0.25, 0.3) is 5.56 Å². The zero-order valence-electron chi connectivity index (χ0n) is 19.2. The van der Waals surface area contributed by atoms with Crippen LogP contribution in [0.1, 0.15) is 68.3 Å². The molecule has 7 nitrogen and oxygen atoms in total. The number of aryl methyl sites for hydroxylation is 1. The van der Waals surface area contributed by atoms with Gasteiger partial charge in [0.1, 0.15) is 23.7 Å². The van der Waals surface area contributed by atoms with Crippen LogP contribution >= 0.6 is 0 Å². The molecule has 0 aliphatic heterocycles. The first kappa shape index (κ1) is 22.5. The Balaban J connectivity index is 1.76. The van der Waals surface area contributed by atoms with Gasteiger partial charge in [0.2, 0.25) is 0 Å². The first-order chi connectivity index (χ1) is 16.0. The minimum Gasteiger partial charge on any atom is -0.383 e. The molecule has 0 bridgehead atoms. The van der Waals surface area contributed by atoms with E-state index in [1.54, 1.807) is 0 Å². The number of pyridine rings is 1. The van der Waals surface area contributed by atoms with E-state index in [-0.39, 0.29) is 23.1 Å². The molecule has 1 fully saturated rings. The van der Waals surface area contributed by atoms with Crippen LogP contribution in [0.15, 0.2) is 35.4 Å². The molecular formula is C26H30N6O. The molecule has 4 rings (SSSR count). The van der Waals surface area contributed by atoms with Gasteiger partial charge in [-0.2, -0.15) is 0 Å². The van der Waals surface area contributed by atoms with E-state index in [0.29, 0.717) is 24.3 Å². The second-order valence-electron chi connectivity index (χ2n) is 8.51. The Hall–Kier alpha value is -3.66. The molecule has 4 N–H and O–H groups in total. The average Bonchev–Trinajstić information content (AvgIpc) is 2.81. The number of nitrogen functional groups attached to an aromatic ring is 1. The molecule has 0 spiro atoms. The van der Waals surface area contributed by atoms with Gasteiger partial charge in [-0.3, -0.25) is 10.2 Å². The minimum absolute atomic E-state index is 0.0679. The lowest BCUT2D eigenvalue weighted by atomic mass is 9.94. The van der Waals surface area contributed by atoms with Gasteiger partial charge in [-0.05, 0) is 42.7 Å². The zero-order valence-corrected chi connectivity index (χ0v) is 19.2. The number of nitrogens with one attached hydrogen (secondary N) is 2. The molecule has 7 heteroatoms. The summed E-state index contributed by atoms with van der Waals surface area (Å²) in [5.41, 5.74) is 8.51. The third-order valence-corrected chi connectivity index (χ3v) is 6.26. The van der Waals surface area contributed by atoms with Gasteiger partial charge >= 0.3 is 0 Å². The third-order valence-electron chi connectivity index (χ3n) is 6.26. The van der Waals surface area contributed by atoms with Crippen LogP contribution in [0.3, 0.4) is 0 Å². The highest BCUT2D eigenvalue weighted by molar-refractivity contribution is 6.16. The molecule has 0 unspecified atom stereocenters. The van der Waals surface area contributed by atoms with Crippen molar-refractivity contribution in [1.29, 1.82) is 5.41 Å². The monoisotopic (exact) mass is 442 g/mol. The first-order valence-corrected chi connectivity index (χ1v) is 11.6. The van der Waals surface area contributed by atoms with Gasteiger partial charge in [0.15, 0.2) is 0 Å². The largest absolute Gasteiger partial charge is 0.383 e. The SMILES string of the molecule is CCC#CC(=N)c1c(N)ncnc1NCc1cc2cccc(C)c2c(=O)n1C1CCCCC1. The Morgan fingerprint density at radius 1 is 1.27 bits per heavy atom. The van der Waals surface area contributed by atoms with Crippen molar-refractivity contribution in [2.24, 2.45) is 0 Å². The molecule has 2 heterocycles. The molecule has 0 saturated heterocycles. The number of hydrogen-bond acceptors (Lipinski definition) is 6. The Kier molecular flexibility index (Phi) is 6.74. The van der Waals surface area contributed by atoms with Crippen LogP contribution < -0.4 is 16.6 Å². The fourth-order valence-corrected chi connectivity index (χ4v) is 4.67. The lowest BCUT2D eigenvalue weighted by Gasteiger charge is -2.27. The van der Waals surface area contributed by atoms with Crippen molar-refractivity contribution in [3.63, 3.8) is 0 Å². The molecule has 3 aromatic rings. The summed E-state index contributed by atoms with van der Waals surface area (Å²) in [6.07, 6.45) is 7.52. The van der Waals surface area contributed by atoms with E-state index in [2.05, 4.69) is 33.2 Å². The molecule has 33 heavy (non-hydrogen) atoms. The summed E-state index contributed by atoms with van der Waals surface area (Å²) < 4.78 is 1.98. The van der Waals surface area contributed by atoms with Crippen molar-refractivity contribution >= 4 is 28.1 Å². The van der Waals surface area contributed by atoms with Crippen LogP contribution in [-0.2, 0) is 6.54 Å². The van der Waals surface area contributed by atoms with Crippen molar-refractivity contribution in [2.45, 2.75) is 65.0 Å². The standard InChI is InChI=1S/C26H30N6O/c1-3-4-13-21(27)23-24(28)30-16-31-25(23)29-15-20-14-18-10-8-9-17(2)22(18)26(33)32(20)19-11-6-5-7-12-19/h8-10,14,16,19,27H,3,5-7,11-12,15H2,1-2H3,(H3,28,29,30,31). The molecule has 2 aromatic heterocycles. The molecule has 0 atom stereocenters. The van der Waals surface area contributed by atoms with Gasteiger partial charge in [-0.1, -0.05) is 50.3 Å². The number of rotatable bonds is 5. The summed E-state index contributed by atoms with van der Waals surface area (Å²) in [5, 5.41) is 13.4. The van der Waals surface area contributed by atoms with Crippen LogP contribution in [0.2, 0.25) is 0 Å². The van der Waals surface area contributed by atoms with E-state index >= 15 is 0 Å². The quantitative estimate of drug-likeness (QED) is 0.396. The summed E-state index contributed by atoms with van der Waals surface area (Å²) in [6.45, 7) is 4.30. The van der Waals surface area contributed by atoms with E-state index < -0.39 is 0 Å². The van der Waals surface area contributed by atoms with Crippen molar-refractivity contribution in [3.05, 3.63) is 57.8 Å². The zero-order chi connectivity index (χ0) is 23.4. The summed E-state index contributed by atoms with van der Waals surface area (Å²) in [6, 6.07) is 8.25. The van der Waals surface area contributed by atoms with E-state index in [1.807, 2.05) is 36.6 Å². The van der Waals surface area contributed by atoms with Gasteiger partial charge in [-0.15, -0.1) is 0 Å². The number of nitrogens with two attached hydrogens (primary N) is 1. The van der Waals surface area contributed by atoms with E-state index in [0.717, 1.165) is 47.7 Å². The Labute approximate surface area is 194 Å². The highest BCUT2D eigenvalue weighted by Crippen LogP contribution is 2.30. The van der Waals surface area contributed by atoms with Crippen LogP contribution in [0.25, 0.3) is 10.8 Å². The van der Waals surface area contributed by atoms with Crippen molar-refractivity contribution in [3.8, 4) is 11.8 Å². The Bertz CT molecular complexity index is 1310. The van der Waals surface area contributed by atoms with Crippen LogP contribution in [-0.4, -0.2) is 20.2 Å². The lowest BCUT2D eigenvalue weighted by Crippen LogP contribution is -2.30. The van der Waals surface area contributed by atoms with E-state index in [9.17, 15) is 4.79 Å². The van der Waals surface area contributed by atoms with E-state index in [4.69, 9.17) is 11.1 Å². The number of anilines is 2. The van der Waals surface area contributed by atoms with Crippen molar-refractivity contribution in [2.75, 3.05) is 11.1 Å². The van der Waals surface area contributed by atoms with Gasteiger partial charge in [0, 0.05) is 18.2 Å². The summed E-state index contributed by atoms with van der Waals surface area (Å²) in [7, 11) is 0. The molecule has 1 aliphatic rings. The first-order valence-electron chi connectivity index (χ1n) is 11.6. The third kappa shape index (κ3) is 4.61. The van der Waals surface area contributed by atoms with Gasteiger partial charge in [0.05, 0.1) is 17.5 Å². The van der Waals surface area contributed by atoms with E-state index in [1.165, 1.54) is 12.7 Å². The number of hydrogen-bond donors (Lipinski definition) is 3. The highest BCUT2D eigenvalue weighted by atomic mass is 16.1.